The standard InChI is InChI=1S/C16H24N2O/c1-3-18-15(19)12(2)10-13-6-4-5-7-14(13)11-16(17)8-9-16/h4-7,12H,3,8-11,17H2,1-2H3,(H,18,19). The molecule has 3 nitrogen and oxygen atoms in total. The second-order valence-electron chi connectivity index (χ2n) is 5.81. The molecule has 0 saturated heterocycles. The van der Waals surface area contributed by atoms with Crippen LogP contribution in [0.1, 0.15) is 37.8 Å². The molecular weight excluding hydrogens is 236 g/mol. The third kappa shape index (κ3) is 3.80. The normalized spacial score (nSPS) is 17.8. The zero-order chi connectivity index (χ0) is 13.9. The van der Waals surface area contributed by atoms with E-state index >= 15 is 0 Å². The molecule has 1 saturated carbocycles. The molecule has 3 heteroatoms. The molecule has 104 valence electrons. The maximum atomic E-state index is 11.8. The molecule has 1 aromatic rings. The zero-order valence-corrected chi connectivity index (χ0v) is 11.9. The number of benzene rings is 1. The molecular formula is C16H24N2O. The van der Waals surface area contributed by atoms with Gasteiger partial charge in [-0.25, -0.2) is 0 Å². The van der Waals surface area contributed by atoms with Crippen molar-refractivity contribution in [1.82, 2.24) is 5.32 Å². The van der Waals surface area contributed by atoms with Gasteiger partial charge in [-0.15, -0.1) is 0 Å². The molecule has 1 aromatic carbocycles. The van der Waals surface area contributed by atoms with Crippen LogP contribution < -0.4 is 11.1 Å². The van der Waals surface area contributed by atoms with Crippen molar-refractivity contribution in [3.8, 4) is 0 Å². The van der Waals surface area contributed by atoms with E-state index < -0.39 is 0 Å². The van der Waals surface area contributed by atoms with Gasteiger partial charge in [0.15, 0.2) is 0 Å². The summed E-state index contributed by atoms with van der Waals surface area (Å²) in [5.74, 6) is 0.139. The van der Waals surface area contributed by atoms with E-state index in [1.807, 2.05) is 19.9 Å². The van der Waals surface area contributed by atoms with E-state index in [4.69, 9.17) is 5.73 Å². The first-order chi connectivity index (χ1) is 9.04. The van der Waals surface area contributed by atoms with E-state index in [9.17, 15) is 4.79 Å². The molecule has 0 bridgehead atoms. The first-order valence-corrected chi connectivity index (χ1v) is 7.17. The van der Waals surface area contributed by atoms with Crippen molar-refractivity contribution in [2.75, 3.05) is 6.54 Å². The Morgan fingerprint density at radius 3 is 2.58 bits per heavy atom. The van der Waals surface area contributed by atoms with E-state index in [2.05, 4.69) is 23.5 Å². The van der Waals surface area contributed by atoms with Crippen molar-refractivity contribution < 1.29 is 4.79 Å². The molecule has 0 aliphatic heterocycles. The summed E-state index contributed by atoms with van der Waals surface area (Å²) in [6.45, 7) is 4.62. The van der Waals surface area contributed by atoms with Crippen molar-refractivity contribution >= 4 is 5.91 Å². The summed E-state index contributed by atoms with van der Waals surface area (Å²) < 4.78 is 0. The van der Waals surface area contributed by atoms with Crippen LogP contribution in [-0.4, -0.2) is 18.0 Å². The van der Waals surface area contributed by atoms with Gasteiger partial charge in [0.25, 0.3) is 0 Å². The Balaban J connectivity index is 2.05. The smallest absolute Gasteiger partial charge is 0.223 e. The lowest BCUT2D eigenvalue weighted by molar-refractivity contribution is -0.124. The number of amides is 1. The minimum absolute atomic E-state index is 0.00836. The molecule has 1 aliphatic carbocycles. The van der Waals surface area contributed by atoms with Crippen molar-refractivity contribution in [3.63, 3.8) is 0 Å². The monoisotopic (exact) mass is 260 g/mol. The number of hydrogen-bond donors (Lipinski definition) is 2. The highest BCUT2D eigenvalue weighted by Crippen LogP contribution is 2.36. The molecule has 0 heterocycles. The number of carbonyl (C=O) groups is 1. The number of carbonyl (C=O) groups excluding carboxylic acids is 1. The van der Waals surface area contributed by atoms with Gasteiger partial charge in [0.05, 0.1) is 0 Å². The largest absolute Gasteiger partial charge is 0.356 e. The van der Waals surface area contributed by atoms with Crippen LogP contribution in [0.4, 0.5) is 0 Å². The fourth-order valence-electron chi connectivity index (χ4n) is 2.42. The van der Waals surface area contributed by atoms with Gasteiger partial charge in [0.1, 0.15) is 0 Å². The predicted molar refractivity (Wildman–Crippen MR) is 77.9 cm³/mol. The van der Waals surface area contributed by atoms with Crippen LogP contribution in [0.15, 0.2) is 24.3 Å². The van der Waals surface area contributed by atoms with E-state index in [-0.39, 0.29) is 17.4 Å². The van der Waals surface area contributed by atoms with Crippen molar-refractivity contribution in [1.29, 1.82) is 0 Å². The minimum atomic E-state index is 0.00836. The lowest BCUT2D eigenvalue weighted by atomic mass is 9.92. The van der Waals surface area contributed by atoms with Crippen molar-refractivity contribution in [2.45, 2.75) is 45.1 Å². The van der Waals surface area contributed by atoms with Gasteiger partial charge in [0, 0.05) is 18.0 Å². The van der Waals surface area contributed by atoms with Gasteiger partial charge in [-0.05, 0) is 43.7 Å². The van der Waals surface area contributed by atoms with Gasteiger partial charge in [0.2, 0.25) is 5.91 Å². The highest BCUT2D eigenvalue weighted by atomic mass is 16.1. The topological polar surface area (TPSA) is 55.1 Å². The quantitative estimate of drug-likeness (QED) is 0.822. The zero-order valence-electron chi connectivity index (χ0n) is 11.9. The van der Waals surface area contributed by atoms with Crippen LogP contribution in [0.25, 0.3) is 0 Å². The van der Waals surface area contributed by atoms with E-state index in [0.717, 1.165) is 25.7 Å². The predicted octanol–water partition coefficient (Wildman–Crippen LogP) is 2.04. The summed E-state index contributed by atoms with van der Waals surface area (Å²) in [6, 6.07) is 8.37. The summed E-state index contributed by atoms with van der Waals surface area (Å²) >= 11 is 0. The summed E-state index contributed by atoms with van der Waals surface area (Å²) in [6.07, 6.45) is 3.96. The lowest BCUT2D eigenvalue weighted by Gasteiger charge is -2.16. The second-order valence-corrected chi connectivity index (χ2v) is 5.81. The Morgan fingerprint density at radius 1 is 1.37 bits per heavy atom. The molecule has 3 N–H and O–H groups in total. The summed E-state index contributed by atoms with van der Waals surface area (Å²) in [5, 5.41) is 2.88. The Morgan fingerprint density at radius 2 is 2.00 bits per heavy atom. The SMILES string of the molecule is CCNC(=O)C(C)Cc1ccccc1CC1(N)CC1. The van der Waals surface area contributed by atoms with Gasteiger partial charge in [-0.3, -0.25) is 4.79 Å². The maximum absolute atomic E-state index is 11.8. The number of nitrogens with two attached hydrogens (primary N) is 1. The lowest BCUT2D eigenvalue weighted by Crippen LogP contribution is -2.30. The van der Waals surface area contributed by atoms with Crippen LogP contribution in [0, 0.1) is 5.92 Å². The molecule has 1 unspecified atom stereocenters. The van der Waals surface area contributed by atoms with Crippen LogP contribution in [0.3, 0.4) is 0 Å². The molecule has 2 rings (SSSR count). The Bertz CT molecular complexity index is 452. The van der Waals surface area contributed by atoms with Crippen LogP contribution in [-0.2, 0) is 17.6 Å². The van der Waals surface area contributed by atoms with Gasteiger partial charge in [-0.1, -0.05) is 31.2 Å². The third-order valence-corrected chi connectivity index (χ3v) is 3.88. The summed E-state index contributed by atoms with van der Waals surface area (Å²) in [5.41, 5.74) is 8.79. The number of hydrogen-bond acceptors (Lipinski definition) is 2. The average Bonchev–Trinajstić information content (AvgIpc) is 3.10. The fraction of sp³-hybridized carbons (Fsp3) is 0.562. The highest BCUT2D eigenvalue weighted by Gasteiger charge is 2.38. The maximum Gasteiger partial charge on any atom is 0.223 e. The Hall–Kier alpha value is -1.35. The summed E-state index contributed by atoms with van der Waals surface area (Å²) in [7, 11) is 0. The third-order valence-electron chi connectivity index (χ3n) is 3.88. The van der Waals surface area contributed by atoms with Crippen molar-refractivity contribution in [2.24, 2.45) is 11.7 Å². The molecule has 0 radical (unpaired) electrons. The molecule has 1 aliphatic rings. The second kappa shape index (κ2) is 5.74. The van der Waals surface area contributed by atoms with Crippen LogP contribution in [0.5, 0.6) is 0 Å². The molecule has 19 heavy (non-hydrogen) atoms. The van der Waals surface area contributed by atoms with Gasteiger partial charge >= 0.3 is 0 Å². The fourth-order valence-corrected chi connectivity index (χ4v) is 2.42. The molecule has 0 spiro atoms. The van der Waals surface area contributed by atoms with Crippen LogP contribution >= 0.6 is 0 Å². The van der Waals surface area contributed by atoms with E-state index in [0.29, 0.717) is 6.54 Å². The van der Waals surface area contributed by atoms with Gasteiger partial charge < -0.3 is 11.1 Å². The van der Waals surface area contributed by atoms with Gasteiger partial charge in [-0.2, -0.15) is 0 Å². The first-order valence-electron chi connectivity index (χ1n) is 7.17. The minimum Gasteiger partial charge on any atom is -0.356 e. The average molecular weight is 260 g/mol. The van der Waals surface area contributed by atoms with E-state index in [1.54, 1.807) is 0 Å². The molecule has 1 atom stereocenters. The summed E-state index contributed by atoms with van der Waals surface area (Å²) in [4.78, 5) is 11.8. The number of rotatable bonds is 6. The molecule has 1 fully saturated rings. The highest BCUT2D eigenvalue weighted by molar-refractivity contribution is 5.78. The Labute approximate surface area is 115 Å². The van der Waals surface area contributed by atoms with Crippen molar-refractivity contribution in [3.05, 3.63) is 35.4 Å². The van der Waals surface area contributed by atoms with E-state index in [1.165, 1.54) is 11.1 Å². The number of nitrogens with one attached hydrogen (secondary N) is 1. The molecule has 1 amide bonds. The van der Waals surface area contributed by atoms with Crippen LogP contribution in [0.2, 0.25) is 0 Å². The Kier molecular flexibility index (Phi) is 4.25. The molecule has 0 aromatic heterocycles. The first kappa shape index (κ1) is 14.1.